The van der Waals surface area contributed by atoms with Gasteiger partial charge in [-0.15, -0.1) is 10.2 Å². The number of rotatable bonds is 7. The largest absolute Gasteiger partial charge is 0.419 e. The summed E-state index contributed by atoms with van der Waals surface area (Å²) in [5.74, 6) is 0.984. The Kier molecular flexibility index (Phi) is 6.08. The summed E-state index contributed by atoms with van der Waals surface area (Å²) in [7, 11) is 2.05. The predicted molar refractivity (Wildman–Crippen MR) is 101 cm³/mol. The number of aryl methyl sites for hydroxylation is 1. The summed E-state index contributed by atoms with van der Waals surface area (Å²) in [6.45, 7) is 1.56. The summed E-state index contributed by atoms with van der Waals surface area (Å²) in [6.07, 6.45) is 2.13. The Balaban J connectivity index is 1.54. The lowest BCUT2D eigenvalue weighted by Gasteiger charge is -2.13. The standard InChI is InChI=1S/C19H19Cl2N3O/c1-24(11-5-8-14-6-3-2-4-7-14)13-18-22-23-19(25-18)16-10-9-15(20)12-17(16)21/h2-4,6-7,9-10,12H,5,8,11,13H2,1H3. The molecule has 130 valence electrons. The summed E-state index contributed by atoms with van der Waals surface area (Å²) in [5, 5.41) is 9.27. The lowest BCUT2D eigenvalue weighted by molar-refractivity contribution is 0.287. The monoisotopic (exact) mass is 375 g/mol. The van der Waals surface area contributed by atoms with Crippen LogP contribution in [0.4, 0.5) is 0 Å². The van der Waals surface area contributed by atoms with E-state index >= 15 is 0 Å². The molecule has 0 unspecified atom stereocenters. The molecule has 0 aliphatic heterocycles. The predicted octanol–water partition coefficient (Wildman–Crippen LogP) is 5.11. The van der Waals surface area contributed by atoms with Gasteiger partial charge < -0.3 is 4.42 Å². The van der Waals surface area contributed by atoms with Gasteiger partial charge in [0.05, 0.1) is 17.1 Å². The number of hydrogen-bond acceptors (Lipinski definition) is 4. The quantitative estimate of drug-likeness (QED) is 0.575. The topological polar surface area (TPSA) is 42.2 Å². The Morgan fingerprint density at radius 3 is 2.60 bits per heavy atom. The maximum atomic E-state index is 6.18. The SMILES string of the molecule is CN(CCCc1ccccc1)Cc1nnc(-c2ccc(Cl)cc2Cl)o1. The van der Waals surface area contributed by atoms with E-state index in [0.29, 0.717) is 33.9 Å². The first-order valence-corrected chi connectivity index (χ1v) is 8.87. The van der Waals surface area contributed by atoms with E-state index < -0.39 is 0 Å². The molecule has 0 fully saturated rings. The molecule has 2 aromatic carbocycles. The highest BCUT2D eigenvalue weighted by Crippen LogP contribution is 2.29. The second kappa shape index (κ2) is 8.48. The van der Waals surface area contributed by atoms with Crippen molar-refractivity contribution >= 4 is 23.2 Å². The van der Waals surface area contributed by atoms with Crippen molar-refractivity contribution in [3.05, 3.63) is 70.0 Å². The van der Waals surface area contributed by atoms with Gasteiger partial charge in [-0.2, -0.15) is 0 Å². The lowest BCUT2D eigenvalue weighted by atomic mass is 10.1. The number of halogens is 2. The molecule has 0 saturated heterocycles. The molecule has 0 N–H and O–H groups in total. The van der Waals surface area contributed by atoms with Crippen LogP contribution >= 0.6 is 23.2 Å². The van der Waals surface area contributed by atoms with Gasteiger partial charge in [0.2, 0.25) is 11.8 Å². The highest BCUT2D eigenvalue weighted by atomic mass is 35.5. The fourth-order valence-corrected chi connectivity index (χ4v) is 3.09. The second-order valence-electron chi connectivity index (χ2n) is 5.95. The van der Waals surface area contributed by atoms with Crippen LogP contribution in [-0.4, -0.2) is 28.7 Å². The van der Waals surface area contributed by atoms with Crippen LogP contribution in [0.25, 0.3) is 11.5 Å². The molecule has 0 amide bonds. The van der Waals surface area contributed by atoms with Crippen LogP contribution in [0.2, 0.25) is 10.0 Å². The molecule has 3 rings (SSSR count). The molecule has 6 heteroatoms. The summed E-state index contributed by atoms with van der Waals surface area (Å²) in [6, 6.07) is 15.7. The van der Waals surface area contributed by atoms with Gasteiger partial charge in [0.15, 0.2) is 0 Å². The second-order valence-corrected chi connectivity index (χ2v) is 6.80. The first-order chi connectivity index (χ1) is 12.1. The summed E-state index contributed by atoms with van der Waals surface area (Å²) >= 11 is 12.1. The van der Waals surface area contributed by atoms with Gasteiger partial charge in [0, 0.05) is 5.02 Å². The van der Waals surface area contributed by atoms with Crippen molar-refractivity contribution in [2.45, 2.75) is 19.4 Å². The van der Waals surface area contributed by atoms with Gasteiger partial charge in [0.25, 0.3) is 0 Å². The van der Waals surface area contributed by atoms with E-state index in [-0.39, 0.29) is 0 Å². The van der Waals surface area contributed by atoms with E-state index in [4.69, 9.17) is 27.6 Å². The number of benzene rings is 2. The van der Waals surface area contributed by atoms with Crippen LogP contribution in [0, 0.1) is 0 Å². The van der Waals surface area contributed by atoms with Gasteiger partial charge in [-0.25, -0.2) is 0 Å². The minimum absolute atomic E-state index is 0.411. The van der Waals surface area contributed by atoms with Crippen LogP contribution in [0.1, 0.15) is 17.9 Å². The average Bonchev–Trinajstić information content (AvgIpc) is 3.04. The van der Waals surface area contributed by atoms with Gasteiger partial charge in [-0.05, 0) is 50.2 Å². The third-order valence-electron chi connectivity index (χ3n) is 3.88. The Labute approximate surface area is 157 Å². The molecule has 25 heavy (non-hydrogen) atoms. The Morgan fingerprint density at radius 2 is 1.84 bits per heavy atom. The smallest absolute Gasteiger partial charge is 0.249 e. The van der Waals surface area contributed by atoms with E-state index in [1.54, 1.807) is 18.2 Å². The summed E-state index contributed by atoms with van der Waals surface area (Å²) in [5.41, 5.74) is 2.05. The van der Waals surface area contributed by atoms with Crippen molar-refractivity contribution < 1.29 is 4.42 Å². The van der Waals surface area contributed by atoms with Crippen LogP contribution in [0.3, 0.4) is 0 Å². The summed E-state index contributed by atoms with van der Waals surface area (Å²) < 4.78 is 5.73. The number of nitrogens with zero attached hydrogens (tertiary/aromatic N) is 3. The highest BCUT2D eigenvalue weighted by Gasteiger charge is 2.13. The average molecular weight is 376 g/mol. The third kappa shape index (κ3) is 5.05. The Bertz CT molecular complexity index is 821. The maximum Gasteiger partial charge on any atom is 0.249 e. The van der Waals surface area contributed by atoms with Crippen LogP contribution in [0.5, 0.6) is 0 Å². The zero-order valence-corrected chi connectivity index (χ0v) is 15.5. The Hall–Kier alpha value is -1.88. The zero-order chi connectivity index (χ0) is 17.6. The first-order valence-electron chi connectivity index (χ1n) is 8.12. The van der Waals surface area contributed by atoms with Gasteiger partial charge in [0.1, 0.15) is 0 Å². The van der Waals surface area contributed by atoms with Crippen molar-refractivity contribution in [1.82, 2.24) is 15.1 Å². The molecule has 0 spiro atoms. The molecule has 0 aliphatic carbocycles. The van der Waals surface area contributed by atoms with Crippen molar-refractivity contribution in [2.24, 2.45) is 0 Å². The normalized spacial score (nSPS) is 11.2. The van der Waals surface area contributed by atoms with Crippen LogP contribution < -0.4 is 0 Å². The molecule has 0 bridgehead atoms. The van der Waals surface area contributed by atoms with Crippen molar-refractivity contribution in [2.75, 3.05) is 13.6 Å². The minimum Gasteiger partial charge on any atom is -0.419 e. The minimum atomic E-state index is 0.411. The molecule has 3 aromatic rings. The molecular formula is C19H19Cl2N3O. The molecular weight excluding hydrogens is 357 g/mol. The van der Waals surface area contributed by atoms with E-state index in [0.717, 1.165) is 19.4 Å². The molecule has 1 aromatic heterocycles. The fraction of sp³-hybridized carbons (Fsp3) is 0.263. The maximum absolute atomic E-state index is 6.18. The van der Waals surface area contributed by atoms with Gasteiger partial charge in [-0.1, -0.05) is 53.5 Å². The van der Waals surface area contributed by atoms with E-state index in [1.807, 2.05) is 13.1 Å². The Morgan fingerprint density at radius 1 is 1.04 bits per heavy atom. The van der Waals surface area contributed by atoms with Crippen molar-refractivity contribution in [1.29, 1.82) is 0 Å². The molecule has 4 nitrogen and oxygen atoms in total. The first kappa shape index (κ1) is 17.9. The number of aromatic nitrogens is 2. The van der Waals surface area contributed by atoms with E-state index in [2.05, 4.69) is 39.4 Å². The van der Waals surface area contributed by atoms with E-state index in [9.17, 15) is 0 Å². The summed E-state index contributed by atoms with van der Waals surface area (Å²) in [4.78, 5) is 2.17. The highest BCUT2D eigenvalue weighted by molar-refractivity contribution is 6.36. The molecule has 0 atom stereocenters. The fourth-order valence-electron chi connectivity index (χ4n) is 2.60. The lowest BCUT2D eigenvalue weighted by Crippen LogP contribution is -2.19. The molecule has 1 heterocycles. The number of hydrogen-bond donors (Lipinski definition) is 0. The zero-order valence-electron chi connectivity index (χ0n) is 14.0. The van der Waals surface area contributed by atoms with Crippen LogP contribution in [0.15, 0.2) is 52.9 Å². The molecule has 0 saturated carbocycles. The van der Waals surface area contributed by atoms with Crippen molar-refractivity contribution in [3.63, 3.8) is 0 Å². The van der Waals surface area contributed by atoms with E-state index in [1.165, 1.54) is 5.56 Å². The van der Waals surface area contributed by atoms with Crippen molar-refractivity contribution in [3.8, 4) is 11.5 Å². The van der Waals surface area contributed by atoms with Crippen LogP contribution in [-0.2, 0) is 13.0 Å². The molecule has 0 radical (unpaired) electrons. The van der Waals surface area contributed by atoms with Gasteiger partial charge >= 0.3 is 0 Å². The third-order valence-corrected chi connectivity index (χ3v) is 4.43. The molecule has 0 aliphatic rings. The van der Waals surface area contributed by atoms with Gasteiger partial charge in [-0.3, -0.25) is 4.90 Å².